The number of nitrogens with one attached hydrogen (secondary N) is 2. The molecule has 4 aromatic carbocycles. The molecule has 0 heterocycles. The zero-order chi connectivity index (χ0) is 26.3. The molecule has 0 aliphatic carbocycles. The lowest BCUT2D eigenvalue weighted by Crippen LogP contribution is -2.33. The van der Waals surface area contributed by atoms with Crippen molar-refractivity contribution < 1.29 is 22.7 Å². The molecular weight excluding hydrogens is 512 g/mol. The van der Waals surface area contributed by atoms with Crippen molar-refractivity contribution in [1.29, 1.82) is 0 Å². The number of halogens is 1. The molecule has 0 radical (unpaired) electrons. The van der Waals surface area contributed by atoms with Crippen LogP contribution < -0.4 is 19.5 Å². The van der Waals surface area contributed by atoms with E-state index in [1.54, 1.807) is 12.1 Å². The van der Waals surface area contributed by atoms with E-state index in [0.717, 1.165) is 11.1 Å². The number of hydrogen-bond acceptors (Lipinski definition) is 5. The van der Waals surface area contributed by atoms with Gasteiger partial charge in [0.2, 0.25) is 0 Å². The van der Waals surface area contributed by atoms with E-state index >= 15 is 0 Å². The van der Waals surface area contributed by atoms with Crippen LogP contribution in [0, 0.1) is 0 Å². The number of carbonyl (C=O) groups excluding carboxylic acids is 1. The fourth-order valence-electron chi connectivity index (χ4n) is 3.66. The van der Waals surface area contributed by atoms with E-state index in [0.29, 0.717) is 17.2 Å². The molecule has 0 saturated carbocycles. The third kappa shape index (κ3) is 6.81. The van der Waals surface area contributed by atoms with Crippen LogP contribution in [-0.4, -0.2) is 28.0 Å². The summed E-state index contributed by atoms with van der Waals surface area (Å²) in [6.45, 7) is -0.231. The smallest absolute Gasteiger partial charge is 0.261 e. The maximum Gasteiger partial charge on any atom is 0.261 e. The Kier molecular flexibility index (Phi) is 8.32. The van der Waals surface area contributed by atoms with Gasteiger partial charge in [0.05, 0.1) is 28.8 Å². The van der Waals surface area contributed by atoms with Gasteiger partial charge >= 0.3 is 0 Å². The fraction of sp³-hybridized carbons (Fsp3) is 0.107. The second kappa shape index (κ2) is 11.8. The topological polar surface area (TPSA) is 93.7 Å². The quantitative estimate of drug-likeness (QED) is 0.282. The Morgan fingerprint density at radius 2 is 1.46 bits per heavy atom. The summed E-state index contributed by atoms with van der Waals surface area (Å²) in [7, 11) is -2.38. The predicted octanol–water partition coefficient (Wildman–Crippen LogP) is 5.43. The first-order valence-electron chi connectivity index (χ1n) is 11.3. The van der Waals surface area contributed by atoms with Gasteiger partial charge in [-0.3, -0.25) is 9.52 Å². The number of methoxy groups -OCH3 is 1. The van der Waals surface area contributed by atoms with Gasteiger partial charge in [0, 0.05) is 0 Å². The maximum absolute atomic E-state index is 12.7. The summed E-state index contributed by atoms with van der Waals surface area (Å²) >= 11 is 6.08. The lowest BCUT2D eigenvalue weighted by Gasteiger charge is -2.20. The minimum atomic E-state index is -3.86. The number of hydrogen-bond donors (Lipinski definition) is 2. The van der Waals surface area contributed by atoms with Crippen molar-refractivity contribution in [3.05, 3.63) is 119 Å². The first kappa shape index (κ1) is 26.1. The van der Waals surface area contributed by atoms with Gasteiger partial charge in [-0.2, -0.15) is 0 Å². The first-order valence-corrected chi connectivity index (χ1v) is 13.2. The first-order chi connectivity index (χ1) is 17.9. The molecule has 4 aromatic rings. The number of rotatable bonds is 10. The summed E-state index contributed by atoms with van der Waals surface area (Å²) in [5.41, 5.74) is 2.19. The van der Waals surface area contributed by atoms with Crippen LogP contribution in [0.1, 0.15) is 17.2 Å². The van der Waals surface area contributed by atoms with Crippen LogP contribution >= 0.6 is 11.6 Å². The number of carbonyl (C=O) groups is 1. The van der Waals surface area contributed by atoms with Crippen molar-refractivity contribution in [2.24, 2.45) is 0 Å². The average molecular weight is 537 g/mol. The number of benzene rings is 4. The van der Waals surface area contributed by atoms with E-state index < -0.39 is 10.0 Å². The molecule has 0 atom stereocenters. The molecule has 190 valence electrons. The largest absolute Gasteiger partial charge is 0.495 e. The van der Waals surface area contributed by atoms with E-state index in [4.69, 9.17) is 21.1 Å². The summed E-state index contributed by atoms with van der Waals surface area (Å²) in [5, 5.41) is 3.29. The normalized spacial score (nSPS) is 11.1. The van der Waals surface area contributed by atoms with Crippen molar-refractivity contribution in [3.63, 3.8) is 0 Å². The van der Waals surface area contributed by atoms with E-state index in [1.807, 2.05) is 60.7 Å². The zero-order valence-corrected chi connectivity index (χ0v) is 21.5. The monoisotopic (exact) mass is 536 g/mol. The number of anilines is 1. The van der Waals surface area contributed by atoms with Crippen molar-refractivity contribution in [1.82, 2.24) is 5.32 Å². The van der Waals surface area contributed by atoms with Crippen LogP contribution in [0.2, 0.25) is 5.02 Å². The van der Waals surface area contributed by atoms with Gasteiger partial charge in [-0.15, -0.1) is 0 Å². The summed E-state index contributed by atoms with van der Waals surface area (Å²) in [6.07, 6.45) is 0. The van der Waals surface area contributed by atoms with E-state index in [1.165, 1.54) is 37.4 Å². The van der Waals surface area contributed by atoms with Crippen LogP contribution in [0.15, 0.2) is 108 Å². The van der Waals surface area contributed by atoms with E-state index in [-0.39, 0.29) is 28.5 Å². The molecule has 4 rings (SSSR count). The molecule has 1 amide bonds. The van der Waals surface area contributed by atoms with E-state index in [2.05, 4.69) is 10.0 Å². The average Bonchev–Trinajstić information content (AvgIpc) is 2.92. The Labute approximate surface area is 221 Å². The number of sulfonamides is 1. The summed E-state index contributed by atoms with van der Waals surface area (Å²) in [5.74, 6) is 0.485. The minimum Gasteiger partial charge on any atom is -0.495 e. The van der Waals surface area contributed by atoms with Gasteiger partial charge in [0.15, 0.2) is 6.61 Å². The molecule has 7 nitrogen and oxygen atoms in total. The van der Waals surface area contributed by atoms with Crippen LogP contribution in [0.4, 0.5) is 5.69 Å². The van der Waals surface area contributed by atoms with Crippen molar-refractivity contribution in [3.8, 4) is 11.5 Å². The fourth-order valence-corrected chi connectivity index (χ4v) is 4.97. The highest BCUT2D eigenvalue weighted by Crippen LogP contribution is 2.29. The number of ether oxygens (including phenoxy) is 2. The number of amides is 1. The Balaban J connectivity index is 1.38. The predicted molar refractivity (Wildman–Crippen MR) is 144 cm³/mol. The van der Waals surface area contributed by atoms with Crippen LogP contribution in [0.3, 0.4) is 0 Å². The third-order valence-corrected chi connectivity index (χ3v) is 7.17. The van der Waals surface area contributed by atoms with Crippen LogP contribution in [0.5, 0.6) is 11.5 Å². The molecule has 0 aromatic heterocycles. The van der Waals surface area contributed by atoms with Crippen LogP contribution in [-0.2, 0) is 14.8 Å². The zero-order valence-electron chi connectivity index (χ0n) is 19.9. The lowest BCUT2D eigenvalue weighted by molar-refractivity contribution is -0.123. The summed E-state index contributed by atoms with van der Waals surface area (Å²) in [4.78, 5) is 12.7. The minimum absolute atomic E-state index is 0.0319. The summed E-state index contributed by atoms with van der Waals surface area (Å²) in [6, 6.07) is 29.4. The lowest BCUT2D eigenvalue weighted by atomic mass is 9.99. The Hall–Kier alpha value is -4.01. The van der Waals surface area contributed by atoms with Gasteiger partial charge in [-0.25, -0.2) is 8.42 Å². The highest BCUT2D eigenvalue weighted by Gasteiger charge is 2.18. The molecule has 0 unspecified atom stereocenters. The molecule has 0 aliphatic heterocycles. The van der Waals surface area contributed by atoms with Crippen molar-refractivity contribution in [2.75, 3.05) is 18.4 Å². The Bertz CT molecular complexity index is 1410. The second-order valence-electron chi connectivity index (χ2n) is 8.04. The molecule has 37 heavy (non-hydrogen) atoms. The van der Waals surface area contributed by atoms with E-state index in [9.17, 15) is 13.2 Å². The molecule has 0 saturated heterocycles. The van der Waals surface area contributed by atoms with Gasteiger partial charge in [0.1, 0.15) is 11.5 Å². The SMILES string of the molecule is COc1ccc(NS(=O)(=O)c2ccc(OCC(=O)NC(c3ccccc3)c3ccccc3)cc2)cc1Cl. The van der Waals surface area contributed by atoms with Crippen molar-refractivity contribution >= 4 is 33.2 Å². The summed E-state index contributed by atoms with van der Waals surface area (Å²) < 4.78 is 38.7. The molecule has 0 spiro atoms. The standard InChI is InChI=1S/C28H25ClN2O5S/c1-35-26-17-12-22(18-25(26)29)31-37(33,34)24-15-13-23(14-16-24)36-19-27(32)30-28(20-8-4-2-5-9-20)21-10-6-3-7-11-21/h2-18,28,31H,19H2,1H3,(H,30,32). The molecule has 0 fully saturated rings. The molecule has 0 bridgehead atoms. The maximum atomic E-state index is 12.7. The molecule has 0 aliphatic rings. The van der Waals surface area contributed by atoms with Gasteiger partial charge in [-0.1, -0.05) is 72.3 Å². The highest BCUT2D eigenvalue weighted by atomic mass is 35.5. The molecule has 2 N–H and O–H groups in total. The highest BCUT2D eigenvalue weighted by molar-refractivity contribution is 7.92. The Morgan fingerprint density at radius 1 is 0.865 bits per heavy atom. The van der Waals surface area contributed by atoms with Gasteiger partial charge < -0.3 is 14.8 Å². The van der Waals surface area contributed by atoms with Gasteiger partial charge in [0.25, 0.3) is 15.9 Å². The van der Waals surface area contributed by atoms with Gasteiger partial charge in [-0.05, 0) is 53.6 Å². The second-order valence-corrected chi connectivity index (χ2v) is 10.1. The Morgan fingerprint density at radius 3 is 2.00 bits per heavy atom. The molecular formula is C28H25ClN2O5S. The van der Waals surface area contributed by atoms with Crippen molar-refractivity contribution in [2.45, 2.75) is 10.9 Å². The molecule has 9 heteroatoms. The third-order valence-electron chi connectivity index (χ3n) is 5.48. The van der Waals surface area contributed by atoms with Crippen LogP contribution in [0.25, 0.3) is 0 Å².